The molecular weight excluding hydrogens is 365 g/mol. The molecule has 6 nitrogen and oxygen atoms in total. The van der Waals surface area contributed by atoms with Crippen molar-refractivity contribution in [3.63, 3.8) is 0 Å². The number of benzene rings is 2. The Morgan fingerprint density at radius 3 is 2.80 bits per heavy atom. The number of aromatic carboxylic acids is 1. The molecule has 0 aliphatic heterocycles. The molecule has 1 aromatic heterocycles. The second-order valence-electron chi connectivity index (χ2n) is 4.94. The van der Waals surface area contributed by atoms with Crippen LogP contribution in [0.15, 0.2) is 47.0 Å². The summed E-state index contributed by atoms with van der Waals surface area (Å²) in [7, 11) is 0. The number of hydrogen-bond acceptors (Lipinski definition) is 5. The van der Waals surface area contributed by atoms with Crippen molar-refractivity contribution in [1.82, 2.24) is 4.98 Å². The molecule has 0 amide bonds. The Morgan fingerprint density at radius 2 is 2.08 bits per heavy atom. The van der Waals surface area contributed by atoms with Crippen molar-refractivity contribution in [2.45, 2.75) is 0 Å². The fourth-order valence-corrected chi connectivity index (χ4v) is 2.46. The zero-order valence-corrected chi connectivity index (χ0v) is 14.0. The predicted octanol–water partition coefficient (Wildman–Crippen LogP) is 4.81. The van der Waals surface area contributed by atoms with Crippen molar-refractivity contribution in [3.05, 3.63) is 64.1 Å². The van der Waals surface area contributed by atoms with Gasteiger partial charge >= 0.3 is 5.97 Å². The Bertz CT molecular complexity index is 1050. The summed E-state index contributed by atoms with van der Waals surface area (Å²) in [6.45, 7) is 0. The van der Waals surface area contributed by atoms with Crippen molar-refractivity contribution in [2.75, 3.05) is 5.32 Å². The minimum atomic E-state index is -1.14. The van der Waals surface area contributed by atoms with Crippen LogP contribution in [0.4, 0.5) is 5.69 Å². The third-order valence-electron chi connectivity index (χ3n) is 3.28. The Labute approximate surface area is 151 Å². The summed E-state index contributed by atoms with van der Waals surface area (Å²) in [6, 6.07) is 11.3. The van der Waals surface area contributed by atoms with E-state index in [0.717, 1.165) is 0 Å². The van der Waals surface area contributed by atoms with E-state index in [4.69, 9.17) is 32.7 Å². The van der Waals surface area contributed by atoms with E-state index >= 15 is 0 Å². The number of aromatic nitrogens is 1. The summed E-state index contributed by atoms with van der Waals surface area (Å²) < 4.78 is 5.53. The average Bonchev–Trinajstić information content (AvgIpc) is 2.99. The number of halogens is 2. The molecule has 0 unspecified atom stereocenters. The lowest BCUT2D eigenvalue weighted by molar-refractivity contribution is 0.0697. The van der Waals surface area contributed by atoms with E-state index in [2.05, 4.69) is 10.3 Å². The summed E-state index contributed by atoms with van der Waals surface area (Å²) in [6.07, 6.45) is 1.38. The Morgan fingerprint density at radius 1 is 1.28 bits per heavy atom. The van der Waals surface area contributed by atoms with Gasteiger partial charge in [0, 0.05) is 16.9 Å². The fourth-order valence-electron chi connectivity index (χ4n) is 2.09. The molecule has 2 aromatic carbocycles. The summed E-state index contributed by atoms with van der Waals surface area (Å²) >= 11 is 11.7. The number of rotatable bonds is 4. The first-order chi connectivity index (χ1) is 12.0. The maximum atomic E-state index is 11.1. The number of allylic oxidation sites excluding steroid dienone is 1. The zero-order chi connectivity index (χ0) is 18.0. The van der Waals surface area contributed by atoms with E-state index in [1.165, 1.54) is 18.3 Å². The Balaban J connectivity index is 1.91. The highest BCUT2D eigenvalue weighted by molar-refractivity contribution is 6.33. The summed E-state index contributed by atoms with van der Waals surface area (Å²) in [5.41, 5.74) is 1.58. The topological polar surface area (TPSA) is 99.2 Å². The van der Waals surface area contributed by atoms with Crippen molar-refractivity contribution in [1.29, 1.82) is 5.26 Å². The van der Waals surface area contributed by atoms with Crippen LogP contribution in [-0.4, -0.2) is 16.1 Å². The number of carboxylic acids is 1. The van der Waals surface area contributed by atoms with Crippen LogP contribution in [0, 0.1) is 11.3 Å². The van der Waals surface area contributed by atoms with Gasteiger partial charge in [-0.15, -0.1) is 0 Å². The van der Waals surface area contributed by atoms with Gasteiger partial charge < -0.3 is 14.8 Å². The van der Waals surface area contributed by atoms with Gasteiger partial charge in [-0.1, -0.05) is 23.2 Å². The van der Waals surface area contributed by atoms with Crippen molar-refractivity contribution < 1.29 is 14.3 Å². The third kappa shape index (κ3) is 3.58. The lowest BCUT2D eigenvalue weighted by Gasteiger charge is -2.04. The number of hydrogen-bond donors (Lipinski definition) is 2. The van der Waals surface area contributed by atoms with Gasteiger partial charge in [-0.05, 0) is 36.4 Å². The molecule has 0 aliphatic rings. The normalized spacial score (nSPS) is 11.3. The quantitative estimate of drug-likeness (QED) is 0.636. The van der Waals surface area contributed by atoms with Crippen LogP contribution in [0.1, 0.15) is 16.2 Å². The SMILES string of the molecule is N#C/C(=C/Nc1ccc(Cl)c(C(=O)O)c1)c1nc2cc(Cl)ccc2o1. The zero-order valence-electron chi connectivity index (χ0n) is 12.5. The van der Waals surface area contributed by atoms with E-state index in [9.17, 15) is 10.1 Å². The fraction of sp³-hybridized carbons (Fsp3) is 0. The summed E-state index contributed by atoms with van der Waals surface area (Å²) in [5.74, 6) is -1.02. The highest BCUT2D eigenvalue weighted by Crippen LogP contribution is 2.24. The molecule has 124 valence electrons. The lowest BCUT2D eigenvalue weighted by atomic mass is 10.2. The summed E-state index contributed by atoms with van der Waals surface area (Å²) in [5, 5.41) is 21.9. The number of carbonyl (C=O) groups is 1. The monoisotopic (exact) mass is 373 g/mol. The van der Waals surface area contributed by atoms with Gasteiger partial charge in [0.1, 0.15) is 17.2 Å². The molecule has 1 heterocycles. The number of oxazole rings is 1. The van der Waals surface area contributed by atoms with Gasteiger partial charge in [0.2, 0.25) is 5.89 Å². The third-order valence-corrected chi connectivity index (χ3v) is 3.85. The lowest BCUT2D eigenvalue weighted by Crippen LogP contribution is -1.99. The van der Waals surface area contributed by atoms with Gasteiger partial charge in [0.25, 0.3) is 0 Å². The minimum Gasteiger partial charge on any atom is -0.478 e. The Hall–Kier alpha value is -3.01. The minimum absolute atomic E-state index is 0.0462. The van der Waals surface area contributed by atoms with Crippen LogP contribution in [0.5, 0.6) is 0 Å². The average molecular weight is 374 g/mol. The molecule has 0 spiro atoms. The first kappa shape index (κ1) is 16.8. The van der Waals surface area contributed by atoms with Crippen LogP contribution < -0.4 is 5.32 Å². The maximum absolute atomic E-state index is 11.1. The molecule has 3 rings (SSSR count). The molecule has 8 heteroatoms. The van der Waals surface area contributed by atoms with E-state index in [0.29, 0.717) is 21.8 Å². The highest BCUT2D eigenvalue weighted by atomic mass is 35.5. The number of nitriles is 1. The number of nitrogens with one attached hydrogen (secondary N) is 1. The number of fused-ring (bicyclic) bond motifs is 1. The van der Waals surface area contributed by atoms with Crippen LogP contribution in [0.2, 0.25) is 10.0 Å². The highest BCUT2D eigenvalue weighted by Gasteiger charge is 2.12. The number of nitrogens with zero attached hydrogens (tertiary/aromatic N) is 2. The van der Waals surface area contributed by atoms with E-state index in [1.807, 2.05) is 6.07 Å². The molecule has 2 N–H and O–H groups in total. The molecule has 0 aliphatic carbocycles. The molecule has 3 aromatic rings. The van der Waals surface area contributed by atoms with Gasteiger partial charge in [0.15, 0.2) is 5.58 Å². The van der Waals surface area contributed by atoms with Crippen LogP contribution >= 0.6 is 23.2 Å². The molecule has 0 saturated carbocycles. The maximum Gasteiger partial charge on any atom is 0.337 e. The van der Waals surface area contributed by atoms with Crippen molar-refractivity contribution in [3.8, 4) is 6.07 Å². The van der Waals surface area contributed by atoms with Crippen molar-refractivity contribution in [2.24, 2.45) is 0 Å². The Kier molecular flexibility index (Phi) is 4.61. The standard InChI is InChI=1S/C17H9Cl2N3O3/c18-10-1-4-15-14(5-10)22-16(25-15)9(7-20)8-21-11-2-3-13(19)12(6-11)17(23)24/h1-6,8,21H,(H,23,24)/b9-8-. The van der Waals surface area contributed by atoms with Crippen LogP contribution in [-0.2, 0) is 0 Å². The molecule has 0 saturated heterocycles. The molecule has 0 fully saturated rings. The number of anilines is 1. The second kappa shape index (κ2) is 6.85. The molecule has 0 bridgehead atoms. The van der Waals surface area contributed by atoms with Crippen molar-refractivity contribution >= 4 is 51.5 Å². The van der Waals surface area contributed by atoms with Gasteiger partial charge in [-0.2, -0.15) is 5.26 Å². The van der Waals surface area contributed by atoms with E-state index < -0.39 is 5.97 Å². The predicted molar refractivity (Wildman–Crippen MR) is 94.6 cm³/mol. The van der Waals surface area contributed by atoms with Gasteiger partial charge in [-0.25, -0.2) is 9.78 Å². The first-order valence-corrected chi connectivity index (χ1v) is 7.69. The smallest absolute Gasteiger partial charge is 0.337 e. The molecule has 0 radical (unpaired) electrons. The van der Waals surface area contributed by atoms with E-state index in [-0.39, 0.29) is 22.0 Å². The largest absolute Gasteiger partial charge is 0.478 e. The van der Waals surface area contributed by atoms with Crippen LogP contribution in [0.3, 0.4) is 0 Å². The van der Waals surface area contributed by atoms with E-state index in [1.54, 1.807) is 24.3 Å². The molecular formula is C17H9Cl2N3O3. The molecule has 0 atom stereocenters. The van der Waals surface area contributed by atoms with Gasteiger partial charge in [-0.3, -0.25) is 0 Å². The second-order valence-corrected chi connectivity index (χ2v) is 5.79. The number of carboxylic acid groups (broad SMARTS) is 1. The first-order valence-electron chi connectivity index (χ1n) is 6.94. The van der Waals surface area contributed by atoms with Gasteiger partial charge in [0.05, 0.1) is 10.6 Å². The van der Waals surface area contributed by atoms with Crippen LogP contribution in [0.25, 0.3) is 16.7 Å². The molecule has 25 heavy (non-hydrogen) atoms. The summed E-state index contributed by atoms with van der Waals surface area (Å²) in [4.78, 5) is 15.3.